The molecule has 0 saturated carbocycles. The van der Waals surface area contributed by atoms with Crippen LogP contribution in [0.25, 0.3) is 0 Å². The Bertz CT molecular complexity index is 844. The first-order valence-corrected chi connectivity index (χ1v) is 9.15. The van der Waals surface area contributed by atoms with Crippen molar-refractivity contribution in [1.29, 1.82) is 0 Å². The van der Waals surface area contributed by atoms with Crippen LogP contribution in [0.4, 0.5) is 10.7 Å². The average molecular weight is 392 g/mol. The molecule has 8 nitrogen and oxygen atoms in total. The van der Waals surface area contributed by atoms with Crippen LogP contribution in [0.3, 0.4) is 0 Å². The van der Waals surface area contributed by atoms with Gasteiger partial charge in [-0.1, -0.05) is 6.92 Å². The largest absolute Gasteiger partial charge is 0.484 e. The predicted octanol–water partition coefficient (Wildman–Crippen LogP) is 3.72. The summed E-state index contributed by atoms with van der Waals surface area (Å²) in [6.07, 6.45) is 0.734. The smallest absolute Gasteiger partial charge is 0.341 e. The summed E-state index contributed by atoms with van der Waals surface area (Å²) >= 11 is 1.33. The molecule has 27 heavy (non-hydrogen) atoms. The van der Waals surface area contributed by atoms with Gasteiger partial charge in [-0.15, -0.1) is 11.3 Å². The van der Waals surface area contributed by atoms with Gasteiger partial charge in [0.05, 0.1) is 17.1 Å². The maximum absolute atomic E-state index is 12.2. The van der Waals surface area contributed by atoms with Crippen molar-refractivity contribution in [3.8, 4) is 5.75 Å². The number of nitrogens with zero attached hydrogens (tertiary/aromatic N) is 1. The lowest BCUT2D eigenvalue weighted by Crippen LogP contribution is -2.21. The van der Waals surface area contributed by atoms with Crippen molar-refractivity contribution in [3.05, 3.63) is 50.4 Å². The summed E-state index contributed by atoms with van der Waals surface area (Å²) in [5.41, 5.74) is 1.10. The van der Waals surface area contributed by atoms with E-state index in [2.05, 4.69) is 5.32 Å². The highest BCUT2D eigenvalue weighted by molar-refractivity contribution is 7.17. The van der Waals surface area contributed by atoms with Gasteiger partial charge in [0, 0.05) is 17.0 Å². The zero-order chi connectivity index (χ0) is 20.0. The zero-order valence-electron chi connectivity index (χ0n) is 15.2. The zero-order valence-corrected chi connectivity index (χ0v) is 16.1. The third-order valence-electron chi connectivity index (χ3n) is 3.72. The van der Waals surface area contributed by atoms with Gasteiger partial charge in [-0.2, -0.15) is 0 Å². The van der Waals surface area contributed by atoms with Crippen LogP contribution in [0.2, 0.25) is 0 Å². The second-order valence-corrected chi connectivity index (χ2v) is 6.62. The van der Waals surface area contributed by atoms with Crippen LogP contribution in [-0.4, -0.2) is 30.0 Å². The van der Waals surface area contributed by atoms with Crippen molar-refractivity contribution in [2.75, 3.05) is 18.5 Å². The molecular weight excluding hydrogens is 372 g/mol. The van der Waals surface area contributed by atoms with E-state index in [9.17, 15) is 19.7 Å². The lowest BCUT2D eigenvalue weighted by Gasteiger charge is -2.08. The Labute approximate surface area is 160 Å². The number of amides is 1. The van der Waals surface area contributed by atoms with E-state index in [1.54, 1.807) is 6.92 Å². The fraction of sp³-hybridized carbons (Fsp3) is 0.333. The average Bonchev–Trinajstić information content (AvgIpc) is 2.95. The quantitative estimate of drug-likeness (QED) is 0.417. The molecule has 0 atom stereocenters. The summed E-state index contributed by atoms with van der Waals surface area (Å²) < 4.78 is 10.4. The van der Waals surface area contributed by atoms with Crippen molar-refractivity contribution in [2.24, 2.45) is 0 Å². The van der Waals surface area contributed by atoms with Crippen molar-refractivity contribution < 1.29 is 24.0 Å². The molecule has 0 unspecified atom stereocenters. The Morgan fingerprint density at radius 1 is 1.22 bits per heavy atom. The third kappa shape index (κ3) is 5.04. The highest BCUT2D eigenvalue weighted by Gasteiger charge is 2.23. The van der Waals surface area contributed by atoms with Gasteiger partial charge in [-0.3, -0.25) is 14.9 Å². The number of hydrogen-bond acceptors (Lipinski definition) is 7. The van der Waals surface area contributed by atoms with Crippen molar-refractivity contribution in [2.45, 2.75) is 27.2 Å². The highest BCUT2D eigenvalue weighted by atomic mass is 32.1. The number of nitro benzene ring substituents is 1. The molecule has 144 valence electrons. The molecule has 2 aromatic rings. The van der Waals surface area contributed by atoms with Crippen LogP contribution < -0.4 is 10.1 Å². The molecule has 1 aromatic heterocycles. The molecule has 0 aliphatic carbocycles. The van der Waals surface area contributed by atoms with E-state index in [0.717, 1.165) is 16.9 Å². The molecule has 1 N–H and O–H groups in total. The molecule has 1 heterocycles. The molecule has 0 aliphatic heterocycles. The normalized spacial score (nSPS) is 10.3. The van der Waals surface area contributed by atoms with E-state index < -0.39 is 16.8 Å². The van der Waals surface area contributed by atoms with Crippen LogP contribution in [0.5, 0.6) is 5.75 Å². The van der Waals surface area contributed by atoms with Gasteiger partial charge in [-0.25, -0.2) is 4.79 Å². The minimum Gasteiger partial charge on any atom is -0.484 e. The maximum atomic E-state index is 12.2. The molecule has 0 radical (unpaired) electrons. The summed E-state index contributed by atoms with van der Waals surface area (Å²) in [4.78, 5) is 35.5. The van der Waals surface area contributed by atoms with Gasteiger partial charge in [-0.05, 0) is 38.0 Å². The lowest BCUT2D eigenvalue weighted by atomic mass is 10.1. The van der Waals surface area contributed by atoms with Crippen LogP contribution in [0.1, 0.15) is 34.6 Å². The summed E-state index contributed by atoms with van der Waals surface area (Å²) in [6.45, 7) is 5.46. The minimum atomic E-state index is -0.516. The first-order valence-electron chi connectivity index (χ1n) is 8.33. The molecule has 1 aromatic carbocycles. The molecule has 1 amide bonds. The fourth-order valence-electron chi connectivity index (χ4n) is 2.41. The van der Waals surface area contributed by atoms with E-state index >= 15 is 0 Å². The summed E-state index contributed by atoms with van der Waals surface area (Å²) in [7, 11) is 0. The summed E-state index contributed by atoms with van der Waals surface area (Å²) in [5.74, 6) is -0.585. The number of anilines is 1. The second-order valence-electron chi connectivity index (χ2n) is 5.52. The first kappa shape index (κ1) is 20.4. The number of nitrogens with one attached hydrogen (secondary N) is 1. The Kier molecular flexibility index (Phi) is 6.89. The number of hydrogen-bond donors (Lipinski definition) is 1. The Hall–Kier alpha value is -2.94. The molecule has 0 fully saturated rings. The van der Waals surface area contributed by atoms with Crippen LogP contribution in [0.15, 0.2) is 24.3 Å². The SMILES string of the molecule is CCOC(=O)c1c(NC(=O)COc2ccc([N+](=O)[O-])cc2)sc(CC)c1C. The minimum absolute atomic E-state index is 0.0629. The number of carbonyl (C=O) groups is 2. The number of rotatable bonds is 8. The Balaban J connectivity index is 2.06. The predicted molar refractivity (Wildman–Crippen MR) is 102 cm³/mol. The topological polar surface area (TPSA) is 108 Å². The lowest BCUT2D eigenvalue weighted by molar-refractivity contribution is -0.384. The molecule has 9 heteroatoms. The van der Waals surface area contributed by atoms with Crippen LogP contribution >= 0.6 is 11.3 Å². The molecule has 2 rings (SSSR count). The number of carbonyl (C=O) groups excluding carboxylic acids is 2. The van der Waals surface area contributed by atoms with E-state index in [4.69, 9.17) is 9.47 Å². The monoisotopic (exact) mass is 392 g/mol. The number of thiophene rings is 1. The summed E-state index contributed by atoms with van der Waals surface area (Å²) in [6, 6.07) is 5.42. The molecule has 0 bridgehead atoms. The Morgan fingerprint density at radius 2 is 1.89 bits per heavy atom. The van der Waals surface area contributed by atoms with Crippen molar-refractivity contribution in [3.63, 3.8) is 0 Å². The number of aryl methyl sites for hydroxylation is 1. The van der Waals surface area contributed by atoms with E-state index in [1.807, 2.05) is 13.8 Å². The van der Waals surface area contributed by atoms with E-state index in [1.165, 1.54) is 35.6 Å². The second kappa shape index (κ2) is 9.13. The van der Waals surface area contributed by atoms with Gasteiger partial charge in [0.2, 0.25) is 0 Å². The van der Waals surface area contributed by atoms with Gasteiger partial charge in [0.25, 0.3) is 11.6 Å². The molecule has 0 spiro atoms. The van der Waals surface area contributed by atoms with Crippen LogP contribution in [0, 0.1) is 17.0 Å². The Morgan fingerprint density at radius 3 is 2.44 bits per heavy atom. The number of non-ortho nitro benzene ring substituents is 1. The first-order chi connectivity index (χ1) is 12.9. The fourth-order valence-corrected chi connectivity index (χ4v) is 3.56. The van der Waals surface area contributed by atoms with Gasteiger partial charge < -0.3 is 14.8 Å². The van der Waals surface area contributed by atoms with E-state index in [-0.39, 0.29) is 18.9 Å². The maximum Gasteiger partial charge on any atom is 0.341 e. The van der Waals surface area contributed by atoms with E-state index in [0.29, 0.717) is 16.3 Å². The standard InChI is InChI=1S/C18H20N2O6S/c1-4-14-11(3)16(18(22)25-5-2)17(27-14)19-15(21)10-26-13-8-6-12(7-9-13)20(23)24/h6-9H,4-5,10H2,1-3H3,(H,19,21). The molecular formula is C18H20N2O6S. The molecule has 0 saturated heterocycles. The highest BCUT2D eigenvalue weighted by Crippen LogP contribution is 2.34. The molecule has 0 aliphatic rings. The third-order valence-corrected chi connectivity index (χ3v) is 5.07. The van der Waals surface area contributed by atoms with Crippen molar-refractivity contribution in [1.82, 2.24) is 0 Å². The van der Waals surface area contributed by atoms with Crippen molar-refractivity contribution >= 4 is 33.9 Å². The van der Waals surface area contributed by atoms with Gasteiger partial charge in [0.15, 0.2) is 6.61 Å². The van der Waals surface area contributed by atoms with Crippen LogP contribution in [-0.2, 0) is 16.0 Å². The number of benzene rings is 1. The number of ether oxygens (including phenoxy) is 2. The summed E-state index contributed by atoms with van der Waals surface area (Å²) in [5, 5.41) is 13.8. The van der Waals surface area contributed by atoms with Gasteiger partial charge >= 0.3 is 5.97 Å². The number of esters is 1. The number of nitro groups is 1. The van der Waals surface area contributed by atoms with Gasteiger partial charge in [0.1, 0.15) is 10.8 Å².